The standard InChI is InChI=1S/C12H16FN3O4S/c13-10-4-1-5-11(12(10)16(17)18)21(19,20)15-8-6-9-3-2-7-14-9/h1,4-5,9,14-15H,2-3,6-8H2/t9-/m0/s1. The van der Waals surface area contributed by atoms with Gasteiger partial charge in [-0.3, -0.25) is 10.1 Å². The first kappa shape index (κ1) is 15.8. The van der Waals surface area contributed by atoms with E-state index in [1.165, 1.54) is 0 Å². The molecule has 21 heavy (non-hydrogen) atoms. The van der Waals surface area contributed by atoms with E-state index in [0.717, 1.165) is 37.6 Å². The predicted octanol–water partition coefficient (Wildman–Crippen LogP) is 1.15. The Kier molecular flexibility index (Phi) is 4.86. The maximum Gasteiger partial charge on any atom is 0.324 e. The summed E-state index contributed by atoms with van der Waals surface area (Å²) >= 11 is 0. The van der Waals surface area contributed by atoms with Crippen molar-refractivity contribution in [1.29, 1.82) is 0 Å². The fourth-order valence-electron chi connectivity index (χ4n) is 2.34. The molecule has 0 radical (unpaired) electrons. The van der Waals surface area contributed by atoms with Crippen LogP contribution in [0.1, 0.15) is 19.3 Å². The van der Waals surface area contributed by atoms with Gasteiger partial charge in [0.1, 0.15) is 0 Å². The van der Waals surface area contributed by atoms with Gasteiger partial charge in [0, 0.05) is 12.6 Å². The topological polar surface area (TPSA) is 101 Å². The molecule has 0 aromatic heterocycles. The first-order chi connectivity index (χ1) is 9.92. The zero-order valence-corrected chi connectivity index (χ0v) is 12.0. The average Bonchev–Trinajstić information content (AvgIpc) is 2.91. The monoisotopic (exact) mass is 317 g/mol. The Morgan fingerprint density at radius 3 is 2.86 bits per heavy atom. The SMILES string of the molecule is O=[N+]([O-])c1c(F)cccc1S(=O)(=O)NCC[C@@H]1CCCN1. The number of nitro benzene ring substituents is 1. The number of hydrogen-bond acceptors (Lipinski definition) is 5. The number of halogens is 1. The van der Waals surface area contributed by atoms with Gasteiger partial charge in [-0.1, -0.05) is 6.07 Å². The highest BCUT2D eigenvalue weighted by atomic mass is 32.2. The number of rotatable bonds is 6. The summed E-state index contributed by atoms with van der Waals surface area (Å²) in [5.74, 6) is -1.17. The summed E-state index contributed by atoms with van der Waals surface area (Å²) in [7, 11) is -4.11. The lowest BCUT2D eigenvalue weighted by atomic mass is 10.2. The molecule has 116 valence electrons. The predicted molar refractivity (Wildman–Crippen MR) is 73.9 cm³/mol. The summed E-state index contributed by atoms with van der Waals surface area (Å²) in [5.41, 5.74) is -1.02. The Balaban J connectivity index is 2.12. The molecule has 2 N–H and O–H groups in total. The molecule has 0 unspecified atom stereocenters. The molecular weight excluding hydrogens is 301 g/mol. The van der Waals surface area contributed by atoms with Crippen LogP contribution in [0.2, 0.25) is 0 Å². The third-order valence-electron chi connectivity index (χ3n) is 3.37. The second kappa shape index (κ2) is 6.46. The maximum atomic E-state index is 13.5. The van der Waals surface area contributed by atoms with Crippen LogP contribution in [0, 0.1) is 15.9 Å². The molecule has 0 saturated carbocycles. The molecule has 0 amide bonds. The maximum absolute atomic E-state index is 13.5. The van der Waals surface area contributed by atoms with Gasteiger partial charge in [-0.2, -0.15) is 4.39 Å². The highest BCUT2D eigenvalue weighted by Gasteiger charge is 2.29. The lowest BCUT2D eigenvalue weighted by Crippen LogP contribution is -2.31. The Bertz CT molecular complexity index is 629. The smallest absolute Gasteiger partial charge is 0.314 e. The van der Waals surface area contributed by atoms with Gasteiger partial charge in [0.2, 0.25) is 15.8 Å². The van der Waals surface area contributed by atoms with Crippen molar-refractivity contribution in [2.45, 2.75) is 30.2 Å². The van der Waals surface area contributed by atoms with Gasteiger partial charge in [0.05, 0.1) is 4.92 Å². The molecular formula is C12H16FN3O4S. The molecule has 1 aliphatic rings. The molecule has 1 fully saturated rings. The van der Waals surface area contributed by atoms with Crippen LogP contribution in [0.4, 0.5) is 10.1 Å². The molecule has 1 aromatic rings. The highest BCUT2D eigenvalue weighted by Crippen LogP contribution is 2.26. The van der Waals surface area contributed by atoms with Gasteiger partial charge in [-0.15, -0.1) is 0 Å². The molecule has 0 spiro atoms. The van der Waals surface area contributed by atoms with Gasteiger partial charge in [0.15, 0.2) is 4.90 Å². The Hall–Kier alpha value is -1.58. The number of benzene rings is 1. The molecule has 2 rings (SSSR count). The van der Waals surface area contributed by atoms with Crippen molar-refractivity contribution in [2.24, 2.45) is 0 Å². The number of para-hydroxylation sites is 1. The van der Waals surface area contributed by atoms with E-state index >= 15 is 0 Å². The lowest BCUT2D eigenvalue weighted by molar-refractivity contribution is -0.390. The van der Waals surface area contributed by atoms with Crippen LogP contribution in [0.15, 0.2) is 23.1 Å². The first-order valence-corrected chi connectivity index (χ1v) is 8.06. The Morgan fingerprint density at radius 1 is 1.48 bits per heavy atom. The quantitative estimate of drug-likeness (QED) is 0.605. The van der Waals surface area contributed by atoms with E-state index in [0.29, 0.717) is 6.42 Å². The molecule has 1 aromatic carbocycles. The van der Waals surface area contributed by atoms with E-state index in [1.807, 2.05) is 0 Å². The average molecular weight is 317 g/mol. The van der Waals surface area contributed by atoms with E-state index in [1.54, 1.807) is 0 Å². The fraction of sp³-hybridized carbons (Fsp3) is 0.500. The number of nitrogens with zero attached hydrogens (tertiary/aromatic N) is 1. The summed E-state index contributed by atoms with van der Waals surface area (Å²) in [6.07, 6.45) is 2.61. The second-order valence-corrected chi connectivity index (χ2v) is 6.56. The third-order valence-corrected chi connectivity index (χ3v) is 4.86. The highest BCUT2D eigenvalue weighted by molar-refractivity contribution is 7.89. The Labute approximate surface area is 121 Å². The molecule has 0 bridgehead atoms. The van der Waals surface area contributed by atoms with Crippen LogP contribution in [0.5, 0.6) is 0 Å². The van der Waals surface area contributed by atoms with E-state index in [2.05, 4.69) is 10.0 Å². The van der Waals surface area contributed by atoms with Crippen LogP contribution in [-0.4, -0.2) is 32.5 Å². The minimum absolute atomic E-state index is 0.146. The summed E-state index contributed by atoms with van der Waals surface area (Å²) < 4.78 is 39.9. The molecule has 1 heterocycles. The normalized spacial score (nSPS) is 18.8. The van der Waals surface area contributed by atoms with Crippen LogP contribution >= 0.6 is 0 Å². The molecule has 0 aliphatic carbocycles. The van der Waals surface area contributed by atoms with E-state index in [4.69, 9.17) is 0 Å². The summed E-state index contributed by atoms with van der Waals surface area (Å²) in [4.78, 5) is 9.16. The zero-order valence-electron chi connectivity index (χ0n) is 11.2. The van der Waals surface area contributed by atoms with Crippen LogP contribution in [0.25, 0.3) is 0 Å². The van der Waals surface area contributed by atoms with E-state index in [9.17, 15) is 22.9 Å². The van der Waals surface area contributed by atoms with E-state index in [-0.39, 0.29) is 12.6 Å². The molecule has 9 heteroatoms. The van der Waals surface area contributed by atoms with Crippen LogP contribution < -0.4 is 10.0 Å². The fourth-order valence-corrected chi connectivity index (χ4v) is 3.56. The zero-order chi connectivity index (χ0) is 15.5. The van der Waals surface area contributed by atoms with Crippen LogP contribution in [-0.2, 0) is 10.0 Å². The van der Waals surface area contributed by atoms with Crippen molar-refractivity contribution >= 4 is 15.7 Å². The van der Waals surface area contributed by atoms with Crippen molar-refractivity contribution < 1.29 is 17.7 Å². The third kappa shape index (κ3) is 3.74. The summed E-state index contributed by atoms with van der Waals surface area (Å²) in [6.45, 7) is 1.06. The molecule has 1 aliphatic heterocycles. The van der Waals surface area contributed by atoms with Crippen molar-refractivity contribution in [3.8, 4) is 0 Å². The molecule has 1 saturated heterocycles. The minimum atomic E-state index is -4.11. The van der Waals surface area contributed by atoms with Crippen molar-refractivity contribution in [2.75, 3.05) is 13.1 Å². The number of nitro groups is 1. The van der Waals surface area contributed by atoms with Crippen LogP contribution in [0.3, 0.4) is 0 Å². The number of nitrogens with one attached hydrogen (secondary N) is 2. The molecule has 7 nitrogen and oxygen atoms in total. The largest absolute Gasteiger partial charge is 0.324 e. The number of hydrogen-bond donors (Lipinski definition) is 2. The van der Waals surface area contributed by atoms with Crippen molar-refractivity contribution in [3.05, 3.63) is 34.1 Å². The number of sulfonamides is 1. The summed E-state index contributed by atoms with van der Waals surface area (Å²) in [6, 6.07) is 3.27. The van der Waals surface area contributed by atoms with E-state index < -0.39 is 31.3 Å². The minimum Gasteiger partial charge on any atom is -0.314 e. The second-order valence-electron chi connectivity index (χ2n) is 4.82. The van der Waals surface area contributed by atoms with Gasteiger partial charge >= 0.3 is 5.69 Å². The van der Waals surface area contributed by atoms with Gasteiger partial charge < -0.3 is 5.32 Å². The van der Waals surface area contributed by atoms with Gasteiger partial charge in [-0.05, 0) is 37.9 Å². The summed E-state index contributed by atoms with van der Waals surface area (Å²) in [5, 5.41) is 14.1. The first-order valence-electron chi connectivity index (χ1n) is 6.58. The van der Waals surface area contributed by atoms with Crippen molar-refractivity contribution in [3.63, 3.8) is 0 Å². The lowest BCUT2D eigenvalue weighted by Gasteiger charge is -2.11. The Morgan fingerprint density at radius 2 is 2.24 bits per heavy atom. The molecule has 1 atom stereocenters. The van der Waals surface area contributed by atoms with Crippen molar-refractivity contribution in [1.82, 2.24) is 10.0 Å². The van der Waals surface area contributed by atoms with Gasteiger partial charge in [-0.25, -0.2) is 13.1 Å². The van der Waals surface area contributed by atoms with Gasteiger partial charge in [0.25, 0.3) is 0 Å².